The molecule has 1 aliphatic rings. The van der Waals surface area contributed by atoms with Crippen LogP contribution in [0.1, 0.15) is 25.3 Å². The summed E-state index contributed by atoms with van der Waals surface area (Å²) in [5, 5.41) is 4.31. The van der Waals surface area contributed by atoms with Gasteiger partial charge in [0, 0.05) is 17.6 Å². The second-order valence-corrected chi connectivity index (χ2v) is 4.57. The number of halogens is 1. The maximum absolute atomic E-state index is 6.08. The zero-order chi connectivity index (χ0) is 10.7. The average molecular weight is 222 g/mol. The normalized spacial score (nSPS) is 16.8. The summed E-state index contributed by atoms with van der Waals surface area (Å²) in [5.41, 5.74) is 2.43. The molecule has 0 amide bonds. The van der Waals surface area contributed by atoms with Gasteiger partial charge < -0.3 is 5.32 Å². The van der Waals surface area contributed by atoms with E-state index in [4.69, 9.17) is 11.6 Å². The van der Waals surface area contributed by atoms with Gasteiger partial charge in [-0.05, 0) is 31.4 Å². The quantitative estimate of drug-likeness (QED) is 0.821. The SMILES string of the molecule is CC(=Cc1ccccc1Cl)CNC1CC1. The largest absolute Gasteiger partial charge is 0.310 e. The maximum atomic E-state index is 6.08. The van der Waals surface area contributed by atoms with E-state index in [-0.39, 0.29) is 0 Å². The summed E-state index contributed by atoms with van der Waals surface area (Å²) in [6, 6.07) is 8.70. The van der Waals surface area contributed by atoms with Gasteiger partial charge in [0.15, 0.2) is 0 Å². The van der Waals surface area contributed by atoms with E-state index in [2.05, 4.69) is 18.3 Å². The summed E-state index contributed by atoms with van der Waals surface area (Å²) < 4.78 is 0. The Morgan fingerprint density at radius 1 is 1.47 bits per heavy atom. The Bertz CT molecular complexity index is 367. The van der Waals surface area contributed by atoms with Crippen LogP contribution in [0.15, 0.2) is 29.8 Å². The molecular weight excluding hydrogens is 206 g/mol. The molecule has 0 spiro atoms. The van der Waals surface area contributed by atoms with Gasteiger partial charge in [0.2, 0.25) is 0 Å². The van der Waals surface area contributed by atoms with E-state index in [0.717, 1.165) is 23.2 Å². The molecule has 1 fully saturated rings. The van der Waals surface area contributed by atoms with E-state index < -0.39 is 0 Å². The van der Waals surface area contributed by atoms with Gasteiger partial charge in [-0.3, -0.25) is 0 Å². The molecule has 0 saturated heterocycles. The summed E-state index contributed by atoms with van der Waals surface area (Å²) in [6.07, 6.45) is 4.82. The van der Waals surface area contributed by atoms with Gasteiger partial charge in [0.1, 0.15) is 0 Å². The molecule has 0 aromatic heterocycles. The van der Waals surface area contributed by atoms with Crippen LogP contribution in [0, 0.1) is 0 Å². The molecule has 1 nitrogen and oxygen atoms in total. The van der Waals surface area contributed by atoms with Gasteiger partial charge in [-0.25, -0.2) is 0 Å². The third kappa shape index (κ3) is 3.37. The van der Waals surface area contributed by atoms with E-state index >= 15 is 0 Å². The molecule has 80 valence electrons. The number of rotatable bonds is 4. The first kappa shape index (κ1) is 10.7. The van der Waals surface area contributed by atoms with Gasteiger partial charge >= 0.3 is 0 Å². The first-order valence-corrected chi connectivity index (χ1v) is 5.78. The lowest BCUT2D eigenvalue weighted by molar-refractivity contribution is 0.736. The molecule has 0 unspecified atom stereocenters. The zero-order valence-electron chi connectivity index (χ0n) is 8.96. The van der Waals surface area contributed by atoms with Crippen molar-refractivity contribution in [3.63, 3.8) is 0 Å². The topological polar surface area (TPSA) is 12.0 Å². The van der Waals surface area contributed by atoms with Gasteiger partial charge in [0.25, 0.3) is 0 Å². The van der Waals surface area contributed by atoms with E-state index in [9.17, 15) is 0 Å². The minimum Gasteiger partial charge on any atom is -0.310 e. The minimum atomic E-state index is 0.764. The summed E-state index contributed by atoms with van der Waals surface area (Å²) in [7, 11) is 0. The second kappa shape index (κ2) is 4.82. The van der Waals surface area contributed by atoms with Crippen molar-refractivity contribution in [3.8, 4) is 0 Å². The number of hydrogen-bond acceptors (Lipinski definition) is 1. The Hall–Kier alpha value is -0.790. The molecule has 0 aliphatic heterocycles. The smallest absolute Gasteiger partial charge is 0.0478 e. The molecule has 2 heteroatoms. The Kier molecular flexibility index (Phi) is 3.45. The van der Waals surface area contributed by atoms with Crippen LogP contribution in [0.3, 0.4) is 0 Å². The Morgan fingerprint density at radius 3 is 2.87 bits per heavy atom. The zero-order valence-corrected chi connectivity index (χ0v) is 9.72. The summed E-state index contributed by atoms with van der Waals surface area (Å²) in [5.74, 6) is 0. The first-order chi connectivity index (χ1) is 7.25. The Morgan fingerprint density at radius 2 is 2.20 bits per heavy atom. The lowest BCUT2D eigenvalue weighted by atomic mass is 10.1. The number of hydrogen-bond donors (Lipinski definition) is 1. The standard InChI is InChI=1S/C13H16ClN/c1-10(9-15-12-6-7-12)8-11-4-2-3-5-13(11)14/h2-5,8,12,15H,6-7,9H2,1H3. The van der Waals surface area contributed by atoms with Crippen molar-refractivity contribution in [2.45, 2.75) is 25.8 Å². The monoisotopic (exact) mass is 221 g/mol. The number of nitrogens with one attached hydrogen (secondary N) is 1. The molecule has 1 aromatic rings. The van der Waals surface area contributed by atoms with E-state index in [0.29, 0.717) is 0 Å². The predicted molar refractivity (Wildman–Crippen MR) is 66.1 cm³/mol. The predicted octanol–water partition coefficient (Wildman–Crippen LogP) is 3.50. The number of benzene rings is 1. The minimum absolute atomic E-state index is 0.764. The molecule has 0 bridgehead atoms. The van der Waals surface area contributed by atoms with E-state index in [1.54, 1.807) is 0 Å². The third-order valence-electron chi connectivity index (χ3n) is 2.55. The van der Waals surface area contributed by atoms with Crippen LogP contribution in [-0.2, 0) is 0 Å². The molecule has 0 atom stereocenters. The first-order valence-electron chi connectivity index (χ1n) is 5.41. The molecule has 15 heavy (non-hydrogen) atoms. The molecule has 1 aromatic carbocycles. The van der Waals surface area contributed by atoms with Crippen LogP contribution < -0.4 is 5.32 Å². The fourth-order valence-corrected chi connectivity index (χ4v) is 1.69. The van der Waals surface area contributed by atoms with Gasteiger partial charge in [-0.1, -0.05) is 41.4 Å². The molecule has 1 saturated carbocycles. The Balaban J connectivity index is 1.97. The second-order valence-electron chi connectivity index (χ2n) is 4.17. The summed E-state index contributed by atoms with van der Waals surface area (Å²) >= 11 is 6.08. The van der Waals surface area contributed by atoms with Crippen molar-refractivity contribution in [1.29, 1.82) is 0 Å². The van der Waals surface area contributed by atoms with Crippen molar-refractivity contribution in [2.24, 2.45) is 0 Å². The van der Waals surface area contributed by atoms with Crippen LogP contribution in [0.4, 0.5) is 0 Å². The molecule has 1 N–H and O–H groups in total. The lowest BCUT2D eigenvalue weighted by Gasteiger charge is -2.04. The van der Waals surface area contributed by atoms with Crippen LogP contribution in [-0.4, -0.2) is 12.6 Å². The lowest BCUT2D eigenvalue weighted by Crippen LogP contribution is -2.18. The highest BCUT2D eigenvalue weighted by molar-refractivity contribution is 6.32. The highest BCUT2D eigenvalue weighted by Gasteiger charge is 2.19. The van der Waals surface area contributed by atoms with Crippen molar-refractivity contribution in [3.05, 3.63) is 40.4 Å². The molecular formula is C13H16ClN. The van der Waals surface area contributed by atoms with E-state index in [1.165, 1.54) is 18.4 Å². The van der Waals surface area contributed by atoms with Crippen LogP contribution in [0.2, 0.25) is 5.02 Å². The van der Waals surface area contributed by atoms with Crippen molar-refractivity contribution in [1.82, 2.24) is 5.32 Å². The van der Waals surface area contributed by atoms with Crippen molar-refractivity contribution >= 4 is 17.7 Å². The third-order valence-corrected chi connectivity index (χ3v) is 2.90. The van der Waals surface area contributed by atoms with Crippen LogP contribution >= 0.6 is 11.6 Å². The maximum Gasteiger partial charge on any atom is 0.0478 e. The van der Waals surface area contributed by atoms with Crippen molar-refractivity contribution in [2.75, 3.05) is 6.54 Å². The van der Waals surface area contributed by atoms with Gasteiger partial charge in [-0.2, -0.15) is 0 Å². The van der Waals surface area contributed by atoms with Crippen LogP contribution in [0.5, 0.6) is 0 Å². The van der Waals surface area contributed by atoms with Crippen LogP contribution in [0.25, 0.3) is 6.08 Å². The molecule has 1 aliphatic carbocycles. The van der Waals surface area contributed by atoms with Crippen molar-refractivity contribution < 1.29 is 0 Å². The highest BCUT2D eigenvalue weighted by atomic mass is 35.5. The molecule has 0 radical (unpaired) electrons. The fourth-order valence-electron chi connectivity index (χ4n) is 1.50. The van der Waals surface area contributed by atoms with E-state index in [1.807, 2.05) is 24.3 Å². The van der Waals surface area contributed by atoms with Gasteiger partial charge in [0.05, 0.1) is 0 Å². The van der Waals surface area contributed by atoms with Gasteiger partial charge in [-0.15, -0.1) is 0 Å². The molecule has 0 heterocycles. The summed E-state index contributed by atoms with van der Waals surface area (Å²) in [4.78, 5) is 0. The highest BCUT2D eigenvalue weighted by Crippen LogP contribution is 2.20. The Labute approximate surface area is 96.1 Å². The molecule has 2 rings (SSSR count). The summed E-state index contributed by atoms with van der Waals surface area (Å²) in [6.45, 7) is 3.11. The average Bonchev–Trinajstić information content (AvgIpc) is 3.02. The fraction of sp³-hybridized carbons (Fsp3) is 0.385.